The Morgan fingerprint density at radius 3 is 1.29 bits per heavy atom. The molecule has 2 aliphatic heterocycles. The fourth-order valence-electron chi connectivity index (χ4n) is 12.4. The fourth-order valence-corrected chi connectivity index (χ4v) is 12.4. The van der Waals surface area contributed by atoms with Gasteiger partial charge in [-0.05, 0) is 160 Å². The molecule has 0 unspecified atom stereocenters. The van der Waals surface area contributed by atoms with Crippen LogP contribution in [0.5, 0.6) is 0 Å². The molecule has 0 atom stereocenters. The summed E-state index contributed by atoms with van der Waals surface area (Å²) in [6, 6.07) is 64.2. The first-order chi connectivity index (χ1) is 35.1. The Bertz CT molecular complexity index is 3450. The maximum Gasteiger partial charge on any atom is 0.252 e. The van der Waals surface area contributed by atoms with E-state index in [4.69, 9.17) is 0 Å². The van der Waals surface area contributed by atoms with E-state index in [0.29, 0.717) is 0 Å². The molecule has 11 rings (SSSR count). The van der Waals surface area contributed by atoms with Crippen LogP contribution in [0.3, 0.4) is 0 Å². The van der Waals surface area contributed by atoms with Gasteiger partial charge in [-0.15, -0.1) is 0 Å². The van der Waals surface area contributed by atoms with E-state index < -0.39 is 0 Å². The van der Waals surface area contributed by atoms with Crippen molar-refractivity contribution >= 4 is 74.3 Å². The highest BCUT2D eigenvalue weighted by Gasteiger charge is 2.49. The zero-order chi connectivity index (χ0) is 53.5. The summed E-state index contributed by atoms with van der Waals surface area (Å²) in [6.07, 6.45) is 0. The van der Waals surface area contributed by atoms with Crippen LogP contribution in [0.25, 0.3) is 11.1 Å². The molecule has 0 saturated carbocycles. The molecule has 2 heterocycles. The lowest BCUT2D eigenvalue weighted by molar-refractivity contribution is 0.590. The van der Waals surface area contributed by atoms with Gasteiger partial charge in [0.05, 0.1) is 11.4 Å². The molecule has 0 spiro atoms. The Morgan fingerprint density at radius 2 is 0.813 bits per heavy atom. The number of nitrogens with zero attached hydrogens (tertiary/aromatic N) is 3. The molecule has 0 amide bonds. The van der Waals surface area contributed by atoms with E-state index in [1.54, 1.807) is 0 Å². The molecule has 0 fully saturated rings. The number of hydrogen-bond donors (Lipinski definition) is 0. The van der Waals surface area contributed by atoms with Gasteiger partial charge in [0.1, 0.15) is 0 Å². The molecule has 3 aliphatic rings. The van der Waals surface area contributed by atoms with Crippen molar-refractivity contribution in [2.24, 2.45) is 0 Å². The van der Waals surface area contributed by atoms with Crippen molar-refractivity contribution in [1.82, 2.24) is 0 Å². The van der Waals surface area contributed by atoms with Crippen LogP contribution >= 0.6 is 0 Å². The first-order valence-corrected chi connectivity index (χ1v) is 27.6. The van der Waals surface area contributed by atoms with E-state index >= 15 is 0 Å². The third-order valence-electron chi connectivity index (χ3n) is 16.8. The third kappa shape index (κ3) is 8.34. The maximum absolute atomic E-state index is 2.66. The van der Waals surface area contributed by atoms with Crippen molar-refractivity contribution in [3.63, 3.8) is 0 Å². The second-order valence-corrected chi connectivity index (χ2v) is 27.6. The summed E-state index contributed by atoms with van der Waals surface area (Å²) < 4.78 is 0. The normalized spacial score (nSPS) is 14.8. The molecule has 75 heavy (non-hydrogen) atoms. The van der Waals surface area contributed by atoms with Gasteiger partial charge in [0.15, 0.2) is 0 Å². The van der Waals surface area contributed by atoms with Crippen LogP contribution in [-0.2, 0) is 32.5 Å². The van der Waals surface area contributed by atoms with Gasteiger partial charge in [-0.25, -0.2) is 0 Å². The van der Waals surface area contributed by atoms with E-state index in [1.807, 2.05) is 0 Å². The molecule has 380 valence electrons. The summed E-state index contributed by atoms with van der Waals surface area (Å²) in [6.45, 7) is 39.6. The summed E-state index contributed by atoms with van der Waals surface area (Å²) in [7, 11) is 0. The van der Waals surface area contributed by atoms with E-state index in [9.17, 15) is 0 Å². The fraction of sp³-hybridized carbons (Fsp3) is 0.324. The van der Waals surface area contributed by atoms with Gasteiger partial charge in [-0.1, -0.05) is 215 Å². The van der Waals surface area contributed by atoms with Crippen LogP contribution in [0.15, 0.2) is 164 Å². The lowest BCUT2D eigenvalue weighted by atomic mass is 9.33. The van der Waals surface area contributed by atoms with Crippen LogP contribution < -0.4 is 31.1 Å². The minimum Gasteiger partial charge on any atom is -0.311 e. The Labute approximate surface area is 450 Å². The van der Waals surface area contributed by atoms with Gasteiger partial charge in [0.25, 0.3) is 6.71 Å². The van der Waals surface area contributed by atoms with Gasteiger partial charge < -0.3 is 14.7 Å². The monoisotopic (exact) mass is 984 g/mol. The molecule has 3 nitrogen and oxygen atoms in total. The molecule has 8 aromatic carbocycles. The lowest BCUT2D eigenvalue weighted by Gasteiger charge is -2.47. The second kappa shape index (κ2) is 17.1. The summed E-state index contributed by atoms with van der Waals surface area (Å²) in [5, 5.41) is 0. The van der Waals surface area contributed by atoms with E-state index in [-0.39, 0.29) is 39.2 Å². The van der Waals surface area contributed by atoms with Crippen LogP contribution in [-0.4, -0.2) is 6.71 Å². The average molecular weight is 984 g/mol. The maximum atomic E-state index is 2.66. The highest BCUT2D eigenvalue weighted by Crippen LogP contribution is 2.59. The molecule has 0 aromatic heterocycles. The zero-order valence-electron chi connectivity index (χ0n) is 48.0. The third-order valence-corrected chi connectivity index (χ3v) is 16.8. The molecule has 0 N–H and O–H groups in total. The molecular formula is C71H78BN3. The van der Waals surface area contributed by atoms with Crippen molar-refractivity contribution < 1.29 is 0 Å². The van der Waals surface area contributed by atoms with Crippen LogP contribution in [0, 0.1) is 0 Å². The summed E-state index contributed by atoms with van der Waals surface area (Å²) in [5.41, 5.74) is 26.2. The second-order valence-electron chi connectivity index (χ2n) is 27.6. The van der Waals surface area contributed by atoms with Crippen molar-refractivity contribution in [3.8, 4) is 11.1 Å². The molecular weight excluding hydrogens is 906 g/mol. The highest BCUT2D eigenvalue weighted by molar-refractivity contribution is 7.00. The van der Waals surface area contributed by atoms with Crippen molar-refractivity contribution in [2.75, 3.05) is 14.7 Å². The van der Waals surface area contributed by atoms with Crippen LogP contribution in [0.1, 0.15) is 157 Å². The molecule has 4 heteroatoms. The standard InChI is InChI=1S/C71H78BN3/c1-66(2,3)45-25-34-50(35-26-45)73(51-36-27-46(28-37-51)67(4,5)6)65-62-55(54-21-18-19-22-56(54)71(62,16)17)44-58-64(65)75(53-40-31-48(32-41-53)69(10,11)12)61-24-20-23-60-63(61)72(58)57-43-49(70(13,14)15)33-42-59(57)74(60)52-38-29-47(30-39-52)68(7,8)9/h18-44H,1-17H3. The average Bonchev–Trinajstić information content (AvgIpc) is 3.60. The lowest BCUT2D eigenvalue weighted by Crippen LogP contribution is -2.61. The number of fused-ring (bicyclic) bond motifs is 7. The topological polar surface area (TPSA) is 9.72 Å². The number of benzene rings is 8. The largest absolute Gasteiger partial charge is 0.311 e. The zero-order valence-corrected chi connectivity index (χ0v) is 48.0. The Hall–Kier alpha value is -6.78. The van der Waals surface area contributed by atoms with Gasteiger partial charge in [0.2, 0.25) is 0 Å². The number of hydrogen-bond acceptors (Lipinski definition) is 3. The predicted octanol–water partition coefficient (Wildman–Crippen LogP) is 18.0. The molecule has 1 aliphatic carbocycles. The van der Waals surface area contributed by atoms with E-state index in [0.717, 1.165) is 17.1 Å². The predicted molar refractivity (Wildman–Crippen MR) is 326 cm³/mol. The van der Waals surface area contributed by atoms with E-state index in [2.05, 4.69) is 296 Å². The van der Waals surface area contributed by atoms with Crippen molar-refractivity contribution in [1.29, 1.82) is 0 Å². The van der Waals surface area contributed by atoms with Crippen molar-refractivity contribution in [2.45, 2.75) is 150 Å². The summed E-state index contributed by atoms with van der Waals surface area (Å²) >= 11 is 0. The first-order valence-electron chi connectivity index (χ1n) is 27.6. The molecule has 8 aromatic rings. The minimum absolute atomic E-state index is 0.00522. The highest BCUT2D eigenvalue weighted by atomic mass is 15.2. The van der Waals surface area contributed by atoms with Gasteiger partial charge >= 0.3 is 0 Å². The Morgan fingerprint density at radius 1 is 0.387 bits per heavy atom. The molecule has 0 saturated heterocycles. The van der Waals surface area contributed by atoms with Gasteiger partial charge in [-0.2, -0.15) is 0 Å². The van der Waals surface area contributed by atoms with Crippen LogP contribution in [0.2, 0.25) is 0 Å². The number of rotatable bonds is 5. The van der Waals surface area contributed by atoms with Gasteiger partial charge in [-0.3, -0.25) is 0 Å². The molecule has 0 bridgehead atoms. The SMILES string of the molecule is CC(C)(C)c1ccc(N2c3ccc(C(C)(C)C)cc3B3c4cc5c(c(N(c6ccc(C(C)(C)C)cc6)c6ccc(C(C)(C)C)cc6)c4N(c4ccc(C(C)(C)C)cc4)c4cccc2c43)C(C)(C)c2ccccc2-5)cc1. The quantitative estimate of drug-likeness (QED) is 0.159. The Balaban J connectivity index is 1.32. The number of anilines is 9. The summed E-state index contributed by atoms with van der Waals surface area (Å²) in [4.78, 5) is 7.85. The van der Waals surface area contributed by atoms with Crippen molar-refractivity contribution in [3.05, 3.63) is 203 Å². The van der Waals surface area contributed by atoms with Gasteiger partial charge in [0, 0.05) is 45.2 Å². The Kier molecular flexibility index (Phi) is 11.5. The summed E-state index contributed by atoms with van der Waals surface area (Å²) in [5.74, 6) is 0. The van der Waals surface area contributed by atoms with E-state index in [1.165, 1.54) is 101 Å². The van der Waals surface area contributed by atoms with Crippen LogP contribution in [0.4, 0.5) is 51.2 Å². The molecule has 0 radical (unpaired) electrons. The smallest absolute Gasteiger partial charge is 0.252 e. The minimum atomic E-state index is -0.352. The first kappa shape index (κ1) is 50.4.